The van der Waals surface area contributed by atoms with Gasteiger partial charge in [-0.15, -0.1) is 0 Å². The highest BCUT2D eigenvalue weighted by Crippen LogP contribution is 2.24. The zero-order valence-corrected chi connectivity index (χ0v) is 16.1. The number of aryl methyl sites for hydroxylation is 2. The molecule has 5 heteroatoms. The molecule has 1 fully saturated rings. The molecule has 4 nitrogen and oxygen atoms in total. The third-order valence-electron chi connectivity index (χ3n) is 5.02. The molecule has 0 atom stereocenters. The molecule has 0 saturated heterocycles. The molecule has 1 aromatic carbocycles. The van der Waals surface area contributed by atoms with E-state index in [0.29, 0.717) is 23.4 Å². The Morgan fingerprint density at radius 2 is 1.88 bits per heavy atom. The Morgan fingerprint density at radius 3 is 2.58 bits per heavy atom. The molecular weight excluding hydrogens is 348 g/mol. The lowest BCUT2D eigenvalue weighted by molar-refractivity contribution is -0.121. The van der Waals surface area contributed by atoms with Gasteiger partial charge in [0.05, 0.1) is 5.69 Å². The van der Waals surface area contributed by atoms with Crippen LogP contribution in [0.5, 0.6) is 0 Å². The van der Waals surface area contributed by atoms with E-state index >= 15 is 0 Å². The van der Waals surface area contributed by atoms with Crippen molar-refractivity contribution in [3.05, 3.63) is 40.7 Å². The minimum Gasteiger partial charge on any atom is -0.441 e. The summed E-state index contributed by atoms with van der Waals surface area (Å²) in [5.41, 5.74) is 1.84. The number of nitrogens with zero attached hydrogens (tertiary/aromatic N) is 1. The average molecular weight is 375 g/mol. The van der Waals surface area contributed by atoms with Crippen LogP contribution >= 0.6 is 11.6 Å². The van der Waals surface area contributed by atoms with E-state index in [1.807, 2.05) is 31.2 Å². The fourth-order valence-corrected chi connectivity index (χ4v) is 3.64. The van der Waals surface area contributed by atoms with Gasteiger partial charge in [0.25, 0.3) is 0 Å². The summed E-state index contributed by atoms with van der Waals surface area (Å²) in [6.45, 7) is 1.92. The van der Waals surface area contributed by atoms with Crippen LogP contribution in [0.25, 0.3) is 11.5 Å². The summed E-state index contributed by atoms with van der Waals surface area (Å²) in [6, 6.07) is 7.83. The molecule has 1 N–H and O–H groups in total. The van der Waals surface area contributed by atoms with Crippen LogP contribution in [0.4, 0.5) is 0 Å². The Balaban J connectivity index is 1.48. The number of nitrogens with one attached hydrogen (secondary N) is 1. The molecule has 1 heterocycles. The van der Waals surface area contributed by atoms with Gasteiger partial charge in [-0.1, -0.05) is 37.3 Å². The van der Waals surface area contributed by atoms with Crippen molar-refractivity contribution in [3.8, 4) is 11.5 Å². The maximum atomic E-state index is 12.2. The molecule has 3 rings (SSSR count). The Kier molecular flexibility index (Phi) is 6.73. The molecule has 0 aliphatic heterocycles. The first-order valence-electron chi connectivity index (χ1n) is 9.63. The highest BCUT2D eigenvalue weighted by molar-refractivity contribution is 6.30. The number of carbonyl (C=O) groups excluding carboxylic acids is 1. The summed E-state index contributed by atoms with van der Waals surface area (Å²) in [5.74, 6) is 1.59. The number of amides is 1. The van der Waals surface area contributed by atoms with Crippen molar-refractivity contribution in [1.29, 1.82) is 0 Å². The molecule has 26 heavy (non-hydrogen) atoms. The van der Waals surface area contributed by atoms with Gasteiger partial charge in [-0.2, -0.15) is 0 Å². The molecule has 1 aromatic heterocycles. The first kappa shape index (κ1) is 19.0. The van der Waals surface area contributed by atoms with Gasteiger partial charge in [0, 0.05) is 23.0 Å². The Labute approximate surface area is 160 Å². The molecule has 140 valence electrons. The Bertz CT molecular complexity index is 716. The highest BCUT2D eigenvalue weighted by Gasteiger charge is 2.15. The van der Waals surface area contributed by atoms with Gasteiger partial charge >= 0.3 is 0 Å². The number of carbonyl (C=O) groups is 1. The van der Waals surface area contributed by atoms with Gasteiger partial charge in [-0.3, -0.25) is 4.79 Å². The molecule has 0 bridgehead atoms. The van der Waals surface area contributed by atoms with E-state index in [0.717, 1.165) is 42.7 Å². The van der Waals surface area contributed by atoms with Crippen LogP contribution < -0.4 is 5.32 Å². The van der Waals surface area contributed by atoms with Gasteiger partial charge in [0.2, 0.25) is 11.8 Å². The summed E-state index contributed by atoms with van der Waals surface area (Å²) in [5, 5.41) is 3.89. The zero-order chi connectivity index (χ0) is 18.4. The van der Waals surface area contributed by atoms with Crippen LogP contribution in [-0.2, 0) is 11.2 Å². The fourth-order valence-electron chi connectivity index (χ4n) is 3.52. The first-order chi connectivity index (χ1) is 12.6. The summed E-state index contributed by atoms with van der Waals surface area (Å²) >= 11 is 5.92. The molecule has 1 aliphatic carbocycles. The van der Waals surface area contributed by atoms with Gasteiger partial charge in [-0.05, 0) is 56.9 Å². The number of aromatic nitrogens is 1. The lowest BCUT2D eigenvalue weighted by atomic mass is 10.1. The van der Waals surface area contributed by atoms with Gasteiger partial charge < -0.3 is 9.73 Å². The minimum atomic E-state index is 0.163. The Morgan fingerprint density at radius 1 is 1.19 bits per heavy atom. The molecule has 1 aliphatic rings. The largest absolute Gasteiger partial charge is 0.441 e. The highest BCUT2D eigenvalue weighted by atomic mass is 35.5. The van der Waals surface area contributed by atoms with Crippen molar-refractivity contribution in [1.82, 2.24) is 10.3 Å². The summed E-state index contributed by atoms with van der Waals surface area (Å²) in [7, 11) is 0. The van der Waals surface area contributed by atoms with Crippen molar-refractivity contribution in [3.63, 3.8) is 0 Å². The number of hydrogen-bond donors (Lipinski definition) is 1. The SMILES string of the molecule is Cc1oc(-c2ccc(Cl)cc2)nc1CCCC(=O)NC1CCCCCC1. The van der Waals surface area contributed by atoms with Crippen molar-refractivity contribution in [2.75, 3.05) is 0 Å². The fraction of sp³-hybridized carbons (Fsp3) is 0.524. The molecule has 0 radical (unpaired) electrons. The maximum Gasteiger partial charge on any atom is 0.226 e. The summed E-state index contributed by atoms with van der Waals surface area (Å²) in [6.07, 6.45) is 9.39. The van der Waals surface area contributed by atoms with Crippen LogP contribution in [0.2, 0.25) is 5.02 Å². The maximum absolute atomic E-state index is 12.2. The quantitative estimate of drug-likeness (QED) is 0.682. The second kappa shape index (κ2) is 9.22. The average Bonchev–Trinajstić information content (AvgIpc) is 2.82. The van der Waals surface area contributed by atoms with Crippen molar-refractivity contribution < 1.29 is 9.21 Å². The number of benzene rings is 1. The number of halogens is 1. The molecule has 2 aromatic rings. The molecule has 0 unspecified atom stereocenters. The minimum absolute atomic E-state index is 0.163. The predicted molar refractivity (Wildman–Crippen MR) is 104 cm³/mol. The lowest BCUT2D eigenvalue weighted by Crippen LogP contribution is -2.34. The molecular formula is C21H27ClN2O2. The van der Waals surface area contributed by atoms with E-state index in [9.17, 15) is 4.79 Å². The van der Waals surface area contributed by atoms with Gasteiger partial charge in [0.1, 0.15) is 5.76 Å². The number of hydrogen-bond acceptors (Lipinski definition) is 3. The van der Waals surface area contributed by atoms with E-state index in [-0.39, 0.29) is 5.91 Å². The second-order valence-corrected chi connectivity index (χ2v) is 7.57. The van der Waals surface area contributed by atoms with Crippen LogP contribution in [0.3, 0.4) is 0 Å². The predicted octanol–water partition coefficient (Wildman–Crippen LogP) is 5.47. The topological polar surface area (TPSA) is 55.1 Å². The number of rotatable bonds is 6. The third kappa shape index (κ3) is 5.34. The van der Waals surface area contributed by atoms with Crippen LogP contribution in [-0.4, -0.2) is 16.9 Å². The zero-order valence-electron chi connectivity index (χ0n) is 15.4. The van der Waals surface area contributed by atoms with Crippen molar-refractivity contribution in [2.45, 2.75) is 70.8 Å². The van der Waals surface area contributed by atoms with E-state index < -0.39 is 0 Å². The second-order valence-electron chi connectivity index (χ2n) is 7.14. The van der Waals surface area contributed by atoms with E-state index in [4.69, 9.17) is 16.0 Å². The molecule has 1 saturated carbocycles. The first-order valence-corrected chi connectivity index (χ1v) is 10.0. The smallest absolute Gasteiger partial charge is 0.226 e. The van der Waals surface area contributed by atoms with Crippen molar-refractivity contribution in [2.24, 2.45) is 0 Å². The van der Waals surface area contributed by atoms with E-state index in [2.05, 4.69) is 10.3 Å². The standard InChI is InChI=1S/C21H27ClN2O2/c1-15-19(24-21(26-15)16-11-13-17(22)14-12-16)9-6-10-20(25)23-18-7-4-2-3-5-8-18/h11-14,18H,2-10H2,1H3,(H,23,25). The third-order valence-corrected chi connectivity index (χ3v) is 5.27. The van der Waals surface area contributed by atoms with Crippen LogP contribution in [0.1, 0.15) is 62.8 Å². The monoisotopic (exact) mass is 374 g/mol. The normalized spacial score (nSPS) is 15.6. The molecule has 0 spiro atoms. The van der Waals surface area contributed by atoms with E-state index in [1.165, 1.54) is 25.7 Å². The van der Waals surface area contributed by atoms with Crippen molar-refractivity contribution >= 4 is 17.5 Å². The Hall–Kier alpha value is -1.81. The number of oxazole rings is 1. The summed E-state index contributed by atoms with van der Waals surface area (Å²) in [4.78, 5) is 16.8. The summed E-state index contributed by atoms with van der Waals surface area (Å²) < 4.78 is 5.78. The lowest BCUT2D eigenvalue weighted by Gasteiger charge is -2.15. The molecule has 1 amide bonds. The van der Waals surface area contributed by atoms with Crippen LogP contribution in [0.15, 0.2) is 28.7 Å². The van der Waals surface area contributed by atoms with E-state index in [1.54, 1.807) is 0 Å². The van der Waals surface area contributed by atoms with Gasteiger partial charge in [-0.25, -0.2) is 4.98 Å². The van der Waals surface area contributed by atoms with Gasteiger partial charge in [0.15, 0.2) is 0 Å². The van der Waals surface area contributed by atoms with Crippen LogP contribution in [0, 0.1) is 6.92 Å².